The molecule has 0 atom stereocenters. The molecule has 3 heteroatoms. The number of fused-ring (bicyclic) bond motifs is 1. The molecule has 20 heavy (non-hydrogen) atoms. The highest BCUT2D eigenvalue weighted by Crippen LogP contribution is 2.48. The van der Waals surface area contributed by atoms with E-state index in [-0.39, 0.29) is 5.60 Å². The fourth-order valence-electron chi connectivity index (χ4n) is 3.75. The van der Waals surface area contributed by atoms with Crippen molar-refractivity contribution in [3.63, 3.8) is 0 Å². The Hall–Kier alpha value is -1.51. The van der Waals surface area contributed by atoms with Crippen LogP contribution in [0.1, 0.15) is 57.1 Å². The normalized spacial score (nSPS) is 22.9. The molecule has 3 nitrogen and oxygen atoms in total. The molecule has 0 amide bonds. The summed E-state index contributed by atoms with van der Waals surface area (Å²) in [6.07, 6.45) is 5.41. The summed E-state index contributed by atoms with van der Waals surface area (Å²) in [4.78, 5) is 12.0. The Morgan fingerprint density at radius 1 is 1.20 bits per heavy atom. The number of aliphatic carboxylic acids is 1. The van der Waals surface area contributed by atoms with Gasteiger partial charge in [0.1, 0.15) is 11.4 Å². The zero-order valence-electron chi connectivity index (χ0n) is 12.2. The quantitative estimate of drug-likeness (QED) is 0.894. The van der Waals surface area contributed by atoms with Crippen molar-refractivity contribution >= 4 is 5.97 Å². The number of benzene rings is 1. The third-order valence-corrected chi connectivity index (χ3v) is 4.72. The van der Waals surface area contributed by atoms with Gasteiger partial charge in [-0.3, -0.25) is 4.79 Å². The van der Waals surface area contributed by atoms with E-state index in [1.54, 1.807) is 0 Å². The summed E-state index contributed by atoms with van der Waals surface area (Å²) in [7, 11) is 0. The molecule has 1 aliphatic heterocycles. The topological polar surface area (TPSA) is 46.5 Å². The molecule has 1 aromatic carbocycles. The maximum absolute atomic E-state index is 12.0. The summed E-state index contributed by atoms with van der Waals surface area (Å²) in [5.74, 6) is 0.140. The number of rotatable bonds is 2. The van der Waals surface area contributed by atoms with Crippen LogP contribution < -0.4 is 4.74 Å². The molecule has 1 saturated carbocycles. The predicted octanol–water partition coefficient (Wildman–Crippen LogP) is 3.69. The lowest BCUT2D eigenvalue weighted by Crippen LogP contribution is -2.38. The smallest absolute Gasteiger partial charge is 0.314 e. The molecule has 3 rings (SSSR count). The van der Waals surface area contributed by atoms with Crippen LogP contribution in [-0.4, -0.2) is 16.7 Å². The van der Waals surface area contributed by atoms with Gasteiger partial charge >= 0.3 is 5.97 Å². The van der Waals surface area contributed by atoms with Gasteiger partial charge in [0.2, 0.25) is 0 Å². The lowest BCUT2D eigenvalue weighted by atomic mass is 9.69. The van der Waals surface area contributed by atoms with E-state index in [4.69, 9.17) is 4.74 Å². The molecule has 0 unspecified atom stereocenters. The third-order valence-electron chi connectivity index (χ3n) is 4.72. The minimum Gasteiger partial charge on any atom is -0.487 e. The molecule has 0 saturated heterocycles. The molecule has 1 aliphatic carbocycles. The van der Waals surface area contributed by atoms with Gasteiger partial charge in [0.05, 0.1) is 5.41 Å². The zero-order valence-corrected chi connectivity index (χ0v) is 12.2. The van der Waals surface area contributed by atoms with Gasteiger partial charge in [-0.1, -0.05) is 37.5 Å². The predicted molar refractivity (Wildman–Crippen MR) is 77.3 cm³/mol. The zero-order chi connectivity index (χ0) is 14.4. The van der Waals surface area contributed by atoms with Crippen molar-refractivity contribution in [2.24, 2.45) is 0 Å². The second-order valence-electron chi connectivity index (χ2n) is 6.78. The Kier molecular flexibility index (Phi) is 3.03. The number of hydrogen-bond donors (Lipinski definition) is 1. The molecular weight excluding hydrogens is 252 g/mol. The van der Waals surface area contributed by atoms with Crippen molar-refractivity contribution in [2.75, 3.05) is 0 Å². The number of carboxylic acids is 1. The van der Waals surface area contributed by atoms with E-state index < -0.39 is 11.4 Å². The summed E-state index contributed by atoms with van der Waals surface area (Å²) in [6, 6.07) is 6.00. The van der Waals surface area contributed by atoms with E-state index >= 15 is 0 Å². The molecule has 1 fully saturated rings. The van der Waals surface area contributed by atoms with Crippen LogP contribution in [-0.2, 0) is 16.6 Å². The van der Waals surface area contributed by atoms with Gasteiger partial charge in [0.15, 0.2) is 0 Å². The van der Waals surface area contributed by atoms with Crippen molar-refractivity contribution in [2.45, 2.75) is 63.4 Å². The summed E-state index contributed by atoms with van der Waals surface area (Å²) >= 11 is 0. The first-order valence-corrected chi connectivity index (χ1v) is 7.49. The number of ether oxygens (including phenoxy) is 1. The second-order valence-corrected chi connectivity index (χ2v) is 6.78. The van der Waals surface area contributed by atoms with E-state index in [1.165, 1.54) is 0 Å². The average molecular weight is 274 g/mol. The van der Waals surface area contributed by atoms with Gasteiger partial charge in [-0.25, -0.2) is 0 Å². The van der Waals surface area contributed by atoms with Crippen molar-refractivity contribution in [3.05, 3.63) is 29.3 Å². The van der Waals surface area contributed by atoms with E-state index in [9.17, 15) is 9.90 Å². The Balaban J connectivity index is 2.10. The molecule has 1 aromatic rings. The van der Waals surface area contributed by atoms with Gasteiger partial charge in [-0.2, -0.15) is 0 Å². The fraction of sp³-hybridized carbons (Fsp3) is 0.588. The molecule has 2 aliphatic rings. The minimum absolute atomic E-state index is 0.229. The van der Waals surface area contributed by atoms with Crippen LogP contribution in [0.5, 0.6) is 5.75 Å². The Labute approximate surface area is 120 Å². The molecule has 0 spiro atoms. The number of carbonyl (C=O) groups is 1. The molecule has 0 bridgehead atoms. The van der Waals surface area contributed by atoms with E-state index in [0.29, 0.717) is 0 Å². The van der Waals surface area contributed by atoms with Crippen molar-refractivity contribution in [1.82, 2.24) is 0 Å². The van der Waals surface area contributed by atoms with Gasteiger partial charge in [0, 0.05) is 12.0 Å². The monoisotopic (exact) mass is 274 g/mol. The van der Waals surface area contributed by atoms with Crippen molar-refractivity contribution < 1.29 is 14.6 Å². The summed E-state index contributed by atoms with van der Waals surface area (Å²) in [5.41, 5.74) is 1.07. The molecule has 1 N–H and O–H groups in total. The SMILES string of the molecule is CC1(C)Cc2cccc(C3(C(=O)O)CCCCC3)c2O1. The van der Waals surface area contributed by atoms with Crippen LogP contribution in [0, 0.1) is 0 Å². The number of carboxylic acid groups (broad SMARTS) is 1. The standard InChI is InChI=1S/C17H22O3/c1-16(2)11-12-7-6-8-13(14(12)20-16)17(15(18)19)9-4-3-5-10-17/h6-8H,3-5,9-11H2,1-2H3,(H,18,19). The fourth-order valence-corrected chi connectivity index (χ4v) is 3.75. The van der Waals surface area contributed by atoms with Gasteiger partial charge in [-0.15, -0.1) is 0 Å². The summed E-state index contributed by atoms with van der Waals surface area (Å²) < 4.78 is 6.09. The van der Waals surface area contributed by atoms with Crippen LogP contribution in [0.3, 0.4) is 0 Å². The molecular formula is C17H22O3. The highest BCUT2D eigenvalue weighted by Gasteiger charge is 2.45. The van der Waals surface area contributed by atoms with Gasteiger partial charge < -0.3 is 9.84 Å². The van der Waals surface area contributed by atoms with Gasteiger partial charge in [-0.05, 0) is 32.3 Å². The Bertz CT molecular complexity index is 539. The second kappa shape index (κ2) is 4.51. The highest BCUT2D eigenvalue weighted by atomic mass is 16.5. The lowest BCUT2D eigenvalue weighted by molar-refractivity contribution is -0.145. The van der Waals surface area contributed by atoms with Crippen LogP contribution in [0.2, 0.25) is 0 Å². The maximum Gasteiger partial charge on any atom is 0.314 e. The number of hydrogen-bond acceptors (Lipinski definition) is 2. The Morgan fingerprint density at radius 2 is 1.90 bits per heavy atom. The first-order chi connectivity index (χ1) is 9.45. The van der Waals surface area contributed by atoms with Crippen LogP contribution >= 0.6 is 0 Å². The largest absolute Gasteiger partial charge is 0.487 e. The molecule has 0 radical (unpaired) electrons. The summed E-state index contributed by atoms with van der Waals surface area (Å²) in [5, 5.41) is 9.85. The lowest BCUT2D eigenvalue weighted by Gasteiger charge is -2.35. The van der Waals surface area contributed by atoms with Crippen LogP contribution in [0.4, 0.5) is 0 Å². The third kappa shape index (κ3) is 2.00. The Morgan fingerprint density at radius 3 is 2.55 bits per heavy atom. The first-order valence-electron chi connectivity index (χ1n) is 7.49. The molecule has 0 aromatic heterocycles. The summed E-state index contributed by atoms with van der Waals surface area (Å²) in [6.45, 7) is 4.12. The molecule has 108 valence electrons. The highest BCUT2D eigenvalue weighted by molar-refractivity contribution is 5.83. The molecule has 1 heterocycles. The van der Waals surface area contributed by atoms with Crippen molar-refractivity contribution in [1.29, 1.82) is 0 Å². The van der Waals surface area contributed by atoms with Crippen LogP contribution in [0.25, 0.3) is 0 Å². The maximum atomic E-state index is 12.0. The van der Waals surface area contributed by atoms with E-state index in [1.807, 2.05) is 12.1 Å². The first kappa shape index (κ1) is 13.5. The minimum atomic E-state index is -0.746. The van der Waals surface area contributed by atoms with Crippen LogP contribution in [0.15, 0.2) is 18.2 Å². The number of para-hydroxylation sites is 1. The van der Waals surface area contributed by atoms with E-state index in [0.717, 1.165) is 55.4 Å². The van der Waals surface area contributed by atoms with Crippen molar-refractivity contribution in [3.8, 4) is 5.75 Å². The van der Waals surface area contributed by atoms with Gasteiger partial charge in [0.25, 0.3) is 0 Å². The average Bonchev–Trinajstić information content (AvgIpc) is 2.72. The van der Waals surface area contributed by atoms with E-state index in [2.05, 4.69) is 19.9 Å².